The maximum Gasteiger partial charge on any atom is 0.336 e. The van der Waals surface area contributed by atoms with E-state index in [-0.39, 0.29) is 11.9 Å². The van der Waals surface area contributed by atoms with Gasteiger partial charge in [0.15, 0.2) is 11.5 Å². The minimum absolute atomic E-state index is 0.0526. The van der Waals surface area contributed by atoms with Gasteiger partial charge in [-0.2, -0.15) is 0 Å². The van der Waals surface area contributed by atoms with Crippen LogP contribution in [0.3, 0.4) is 0 Å². The van der Waals surface area contributed by atoms with E-state index in [1.54, 1.807) is 12.1 Å². The van der Waals surface area contributed by atoms with E-state index in [1.807, 2.05) is 24.3 Å². The van der Waals surface area contributed by atoms with Crippen molar-refractivity contribution in [2.45, 2.75) is 33.4 Å². The Hall–Kier alpha value is -3.32. The molecular formula is C24H26N2O5. The molecule has 3 aromatic rings. The van der Waals surface area contributed by atoms with Crippen LogP contribution in [0, 0.1) is 5.92 Å². The third-order valence-electron chi connectivity index (χ3n) is 5.26. The molecule has 1 atom stereocenters. The lowest BCUT2D eigenvalue weighted by Gasteiger charge is -2.26. The first-order valence-corrected chi connectivity index (χ1v) is 10.4. The molecule has 0 spiro atoms. The highest BCUT2D eigenvalue weighted by atomic mass is 16.6. The van der Waals surface area contributed by atoms with Gasteiger partial charge in [0, 0.05) is 42.7 Å². The summed E-state index contributed by atoms with van der Waals surface area (Å²) in [6, 6.07) is 12.9. The molecule has 162 valence electrons. The lowest BCUT2D eigenvalue weighted by Crippen LogP contribution is -2.26. The number of ether oxygens (including phenoxy) is 2. The fourth-order valence-electron chi connectivity index (χ4n) is 3.87. The molecule has 1 aliphatic heterocycles. The number of amides is 1. The zero-order valence-electron chi connectivity index (χ0n) is 17.9. The van der Waals surface area contributed by atoms with E-state index in [2.05, 4.69) is 24.5 Å². The van der Waals surface area contributed by atoms with Crippen molar-refractivity contribution in [1.82, 2.24) is 5.32 Å². The zero-order valence-corrected chi connectivity index (χ0v) is 17.9. The second-order valence-corrected chi connectivity index (χ2v) is 7.99. The molecule has 1 amide bonds. The van der Waals surface area contributed by atoms with E-state index in [4.69, 9.17) is 13.9 Å². The van der Waals surface area contributed by atoms with Gasteiger partial charge in [-0.3, -0.25) is 4.79 Å². The molecule has 1 aromatic heterocycles. The molecule has 0 aliphatic carbocycles. The number of nitrogens with one attached hydrogen (secondary N) is 2. The molecule has 4 rings (SSSR count). The van der Waals surface area contributed by atoms with Gasteiger partial charge in [0.25, 0.3) is 0 Å². The Labute approximate surface area is 180 Å². The minimum Gasteiger partial charge on any atom is -0.486 e. The highest BCUT2D eigenvalue weighted by molar-refractivity contribution is 5.92. The third kappa shape index (κ3) is 4.72. The SMILES string of the molecule is CC(=O)Nc1ccc2c(CN[C@H](c3ccc4c(c3)OCCO4)C(C)C)cc(=O)oc2c1. The number of carbonyl (C=O) groups is 1. The molecular weight excluding hydrogens is 396 g/mol. The zero-order chi connectivity index (χ0) is 22.0. The van der Waals surface area contributed by atoms with E-state index in [0.29, 0.717) is 36.9 Å². The Morgan fingerprint density at radius 2 is 1.81 bits per heavy atom. The summed E-state index contributed by atoms with van der Waals surface area (Å²) in [4.78, 5) is 23.5. The van der Waals surface area contributed by atoms with Gasteiger partial charge in [-0.25, -0.2) is 4.79 Å². The molecule has 0 unspecified atom stereocenters. The van der Waals surface area contributed by atoms with Crippen molar-refractivity contribution in [1.29, 1.82) is 0 Å². The summed E-state index contributed by atoms with van der Waals surface area (Å²) in [6.07, 6.45) is 0. The summed E-state index contributed by atoms with van der Waals surface area (Å²) < 4.78 is 16.7. The van der Waals surface area contributed by atoms with E-state index in [0.717, 1.165) is 28.0 Å². The summed E-state index contributed by atoms with van der Waals surface area (Å²) in [7, 11) is 0. The van der Waals surface area contributed by atoms with Crippen molar-refractivity contribution in [3.63, 3.8) is 0 Å². The van der Waals surface area contributed by atoms with Crippen LogP contribution in [0.15, 0.2) is 51.7 Å². The second-order valence-electron chi connectivity index (χ2n) is 7.99. The standard InChI is InChI=1S/C24H26N2O5/c1-14(2)24(16-4-7-20-22(10-16)30-9-8-29-20)25-13-17-11-23(28)31-21-12-18(26-15(3)27)5-6-19(17)21/h4-7,10-12,14,24-25H,8-9,13H2,1-3H3,(H,26,27)/t24-/m0/s1. The van der Waals surface area contributed by atoms with Crippen LogP contribution in [0.2, 0.25) is 0 Å². The smallest absolute Gasteiger partial charge is 0.336 e. The number of anilines is 1. The molecule has 2 N–H and O–H groups in total. The largest absolute Gasteiger partial charge is 0.486 e. The van der Waals surface area contributed by atoms with Gasteiger partial charge >= 0.3 is 5.63 Å². The van der Waals surface area contributed by atoms with Crippen molar-refractivity contribution in [2.24, 2.45) is 5.92 Å². The molecule has 2 aromatic carbocycles. The van der Waals surface area contributed by atoms with Gasteiger partial charge < -0.3 is 24.5 Å². The van der Waals surface area contributed by atoms with E-state index in [9.17, 15) is 9.59 Å². The van der Waals surface area contributed by atoms with Crippen LogP contribution >= 0.6 is 0 Å². The third-order valence-corrected chi connectivity index (χ3v) is 5.26. The first-order chi connectivity index (χ1) is 14.9. The van der Waals surface area contributed by atoms with Crippen LogP contribution < -0.4 is 25.7 Å². The van der Waals surface area contributed by atoms with E-state index >= 15 is 0 Å². The topological polar surface area (TPSA) is 89.8 Å². The Kier molecular flexibility index (Phi) is 5.95. The maximum atomic E-state index is 12.1. The summed E-state index contributed by atoms with van der Waals surface area (Å²) in [5.41, 5.74) is 2.54. The monoisotopic (exact) mass is 422 g/mol. The first-order valence-electron chi connectivity index (χ1n) is 10.4. The molecule has 0 fully saturated rings. The van der Waals surface area contributed by atoms with Crippen LogP contribution in [-0.2, 0) is 11.3 Å². The summed E-state index contributed by atoms with van der Waals surface area (Å²) in [6.45, 7) is 7.31. The van der Waals surface area contributed by atoms with Crippen molar-refractivity contribution in [2.75, 3.05) is 18.5 Å². The van der Waals surface area contributed by atoms with E-state index in [1.165, 1.54) is 13.0 Å². The van der Waals surface area contributed by atoms with Crippen molar-refractivity contribution in [3.05, 3.63) is 64.0 Å². The molecule has 2 heterocycles. The van der Waals surface area contributed by atoms with E-state index < -0.39 is 5.63 Å². The fourth-order valence-corrected chi connectivity index (χ4v) is 3.87. The predicted octanol–water partition coefficient (Wildman–Crippen LogP) is 4.01. The number of fused-ring (bicyclic) bond motifs is 2. The fraction of sp³-hybridized carbons (Fsp3) is 0.333. The van der Waals surface area contributed by atoms with Gasteiger partial charge in [-0.15, -0.1) is 0 Å². The minimum atomic E-state index is -0.426. The number of carbonyl (C=O) groups excluding carboxylic acids is 1. The second kappa shape index (κ2) is 8.81. The summed E-state index contributed by atoms with van der Waals surface area (Å²) in [5, 5.41) is 7.11. The first kappa shape index (κ1) is 20.9. The van der Waals surface area contributed by atoms with Crippen molar-refractivity contribution < 1.29 is 18.7 Å². The Morgan fingerprint density at radius 3 is 2.55 bits per heavy atom. The highest BCUT2D eigenvalue weighted by Gasteiger charge is 2.20. The average Bonchev–Trinajstić information content (AvgIpc) is 2.72. The molecule has 31 heavy (non-hydrogen) atoms. The molecule has 0 bridgehead atoms. The van der Waals surface area contributed by atoms with Crippen molar-refractivity contribution >= 4 is 22.6 Å². The quantitative estimate of drug-likeness (QED) is 0.584. The molecule has 0 radical (unpaired) electrons. The molecule has 0 saturated carbocycles. The Bertz CT molecular complexity index is 1170. The Balaban J connectivity index is 1.60. The number of hydrogen-bond acceptors (Lipinski definition) is 6. The molecule has 7 heteroatoms. The van der Waals surface area contributed by atoms with Gasteiger partial charge in [-0.1, -0.05) is 19.9 Å². The predicted molar refractivity (Wildman–Crippen MR) is 119 cm³/mol. The maximum absolute atomic E-state index is 12.1. The average molecular weight is 422 g/mol. The molecule has 7 nitrogen and oxygen atoms in total. The van der Waals surface area contributed by atoms with Crippen LogP contribution in [0.1, 0.15) is 37.9 Å². The number of hydrogen-bond donors (Lipinski definition) is 2. The van der Waals surface area contributed by atoms with Crippen molar-refractivity contribution in [3.8, 4) is 11.5 Å². The summed E-state index contributed by atoms with van der Waals surface area (Å²) in [5.74, 6) is 1.64. The lowest BCUT2D eigenvalue weighted by molar-refractivity contribution is -0.114. The molecule has 0 saturated heterocycles. The normalized spacial score (nSPS) is 13.9. The number of rotatable bonds is 6. The van der Waals surface area contributed by atoms with Crippen LogP contribution in [-0.4, -0.2) is 19.1 Å². The highest BCUT2D eigenvalue weighted by Crippen LogP contribution is 2.34. The van der Waals surface area contributed by atoms with Crippen LogP contribution in [0.25, 0.3) is 11.0 Å². The van der Waals surface area contributed by atoms with Crippen LogP contribution in [0.4, 0.5) is 5.69 Å². The van der Waals surface area contributed by atoms with Gasteiger partial charge in [0.05, 0.1) is 0 Å². The number of benzene rings is 2. The van der Waals surface area contributed by atoms with Gasteiger partial charge in [0.2, 0.25) is 5.91 Å². The van der Waals surface area contributed by atoms with Crippen LogP contribution in [0.5, 0.6) is 11.5 Å². The Morgan fingerprint density at radius 1 is 1.03 bits per heavy atom. The lowest BCUT2D eigenvalue weighted by atomic mass is 9.95. The van der Waals surface area contributed by atoms with Gasteiger partial charge in [0.1, 0.15) is 18.8 Å². The van der Waals surface area contributed by atoms with Gasteiger partial charge in [-0.05, 0) is 41.3 Å². The molecule has 1 aliphatic rings. The summed E-state index contributed by atoms with van der Waals surface area (Å²) >= 11 is 0.